The number of carboxylic acid groups (broad SMARTS) is 1. The number of carboxylic acids is 1. The number of carbonyl (C=O) groups excluding carboxylic acids is 3. The molecule has 2 rings (SSSR count). The van der Waals surface area contributed by atoms with Crippen molar-refractivity contribution in [2.24, 2.45) is 11.8 Å². The highest BCUT2D eigenvalue weighted by Gasteiger charge is 2.50. The Morgan fingerprint density at radius 1 is 1.41 bits per heavy atom. The van der Waals surface area contributed by atoms with Crippen LogP contribution in [0.15, 0.2) is 0 Å². The third kappa shape index (κ3) is 1.71. The quantitative estimate of drug-likeness (QED) is 0.507. The molecule has 92 valence electrons. The standard InChI is InChI=1S/C9H11N3O5/c1-12-6-5(7(14)11-9(12)17)3(8(15)16)2-4(13)10-6/h3,5-6H,2H2,1H3,(H,10,13)(H,15,16)(H,11,14,17). The molecule has 2 saturated heterocycles. The Hall–Kier alpha value is -2.12. The number of nitrogens with one attached hydrogen (secondary N) is 2. The molecule has 0 aliphatic carbocycles. The number of imide groups is 1. The van der Waals surface area contributed by atoms with E-state index in [-0.39, 0.29) is 6.42 Å². The van der Waals surface area contributed by atoms with Crippen LogP contribution >= 0.6 is 0 Å². The summed E-state index contributed by atoms with van der Waals surface area (Å²) < 4.78 is 0. The second kappa shape index (κ2) is 3.72. The molecule has 0 saturated carbocycles. The summed E-state index contributed by atoms with van der Waals surface area (Å²) in [7, 11) is 1.39. The second-order valence-electron chi connectivity index (χ2n) is 4.09. The number of hydrogen-bond acceptors (Lipinski definition) is 4. The zero-order valence-electron chi connectivity index (χ0n) is 8.97. The summed E-state index contributed by atoms with van der Waals surface area (Å²) in [6.45, 7) is 0. The Morgan fingerprint density at radius 3 is 2.65 bits per heavy atom. The van der Waals surface area contributed by atoms with Gasteiger partial charge in [-0.2, -0.15) is 0 Å². The van der Waals surface area contributed by atoms with Crippen LogP contribution in [0.4, 0.5) is 4.79 Å². The zero-order chi connectivity index (χ0) is 12.7. The summed E-state index contributed by atoms with van der Waals surface area (Å²) in [5, 5.41) is 13.5. The Morgan fingerprint density at radius 2 is 2.06 bits per heavy atom. The number of amides is 4. The van der Waals surface area contributed by atoms with Crippen LogP contribution in [0.2, 0.25) is 0 Å². The second-order valence-corrected chi connectivity index (χ2v) is 4.09. The molecular weight excluding hydrogens is 230 g/mol. The number of hydrogen-bond donors (Lipinski definition) is 3. The van der Waals surface area contributed by atoms with E-state index in [1.807, 2.05) is 0 Å². The van der Waals surface area contributed by atoms with Crippen molar-refractivity contribution in [1.82, 2.24) is 15.5 Å². The summed E-state index contributed by atoms with van der Waals surface area (Å²) in [5.74, 6) is -4.41. The molecule has 0 aromatic carbocycles. The topological polar surface area (TPSA) is 116 Å². The number of rotatable bonds is 1. The van der Waals surface area contributed by atoms with Gasteiger partial charge in [0.15, 0.2) is 0 Å². The average Bonchev–Trinajstić information content (AvgIpc) is 2.24. The Kier molecular flexibility index (Phi) is 2.49. The van der Waals surface area contributed by atoms with E-state index in [0.29, 0.717) is 0 Å². The van der Waals surface area contributed by atoms with Crippen molar-refractivity contribution < 1.29 is 24.3 Å². The van der Waals surface area contributed by atoms with Gasteiger partial charge in [0.25, 0.3) is 0 Å². The first-order valence-electron chi connectivity index (χ1n) is 5.01. The maximum atomic E-state index is 11.6. The number of urea groups is 1. The van der Waals surface area contributed by atoms with Gasteiger partial charge in [-0.25, -0.2) is 4.79 Å². The molecule has 2 aliphatic rings. The van der Waals surface area contributed by atoms with Crippen LogP contribution in [-0.2, 0) is 14.4 Å². The van der Waals surface area contributed by atoms with Crippen LogP contribution in [0.3, 0.4) is 0 Å². The van der Waals surface area contributed by atoms with E-state index in [2.05, 4.69) is 10.6 Å². The van der Waals surface area contributed by atoms with Gasteiger partial charge < -0.3 is 15.3 Å². The predicted octanol–water partition coefficient (Wildman–Crippen LogP) is -1.67. The number of piperidine rings is 1. The van der Waals surface area contributed by atoms with Gasteiger partial charge in [0.05, 0.1) is 11.8 Å². The fraction of sp³-hybridized carbons (Fsp3) is 0.556. The van der Waals surface area contributed by atoms with Gasteiger partial charge in [0.2, 0.25) is 11.8 Å². The van der Waals surface area contributed by atoms with Crippen molar-refractivity contribution in [3.63, 3.8) is 0 Å². The van der Waals surface area contributed by atoms with E-state index >= 15 is 0 Å². The van der Waals surface area contributed by atoms with E-state index in [1.165, 1.54) is 7.05 Å². The van der Waals surface area contributed by atoms with Crippen molar-refractivity contribution >= 4 is 23.8 Å². The number of nitrogens with zero attached hydrogens (tertiary/aromatic N) is 1. The molecule has 8 heteroatoms. The molecule has 3 atom stereocenters. The number of aliphatic carboxylic acids is 1. The molecule has 17 heavy (non-hydrogen) atoms. The van der Waals surface area contributed by atoms with Crippen molar-refractivity contribution in [3.8, 4) is 0 Å². The maximum absolute atomic E-state index is 11.6. The Labute approximate surface area is 95.9 Å². The predicted molar refractivity (Wildman–Crippen MR) is 52.5 cm³/mol. The van der Waals surface area contributed by atoms with E-state index in [0.717, 1.165) is 4.90 Å². The lowest BCUT2D eigenvalue weighted by Gasteiger charge is -2.43. The lowest BCUT2D eigenvalue weighted by molar-refractivity contribution is -0.156. The largest absolute Gasteiger partial charge is 0.481 e. The van der Waals surface area contributed by atoms with Crippen LogP contribution in [0.25, 0.3) is 0 Å². The molecule has 4 amide bonds. The fourth-order valence-corrected chi connectivity index (χ4v) is 2.17. The molecular formula is C9H11N3O5. The molecule has 0 aromatic rings. The van der Waals surface area contributed by atoms with Gasteiger partial charge in [0, 0.05) is 13.5 Å². The smallest absolute Gasteiger partial charge is 0.325 e. The molecule has 3 unspecified atom stereocenters. The number of carbonyl (C=O) groups is 4. The molecule has 0 aromatic heterocycles. The summed E-state index contributed by atoms with van der Waals surface area (Å²) >= 11 is 0. The molecule has 3 N–H and O–H groups in total. The maximum Gasteiger partial charge on any atom is 0.325 e. The summed E-state index contributed by atoms with van der Waals surface area (Å²) in [6, 6.07) is -0.650. The summed E-state index contributed by atoms with van der Waals surface area (Å²) in [5.41, 5.74) is 0. The molecule has 2 heterocycles. The van der Waals surface area contributed by atoms with Gasteiger partial charge in [0.1, 0.15) is 6.17 Å². The van der Waals surface area contributed by atoms with E-state index in [4.69, 9.17) is 5.11 Å². The van der Waals surface area contributed by atoms with Crippen molar-refractivity contribution in [2.45, 2.75) is 12.6 Å². The minimum Gasteiger partial charge on any atom is -0.481 e. The van der Waals surface area contributed by atoms with Crippen LogP contribution < -0.4 is 10.6 Å². The van der Waals surface area contributed by atoms with E-state index in [9.17, 15) is 19.2 Å². The first-order valence-corrected chi connectivity index (χ1v) is 5.01. The monoisotopic (exact) mass is 241 g/mol. The van der Waals surface area contributed by atoms with Gasteiger partial charge in [-0.05, 0) is 0 Å². The summed E-state index contributed by atoms with van der Waals surface area (Å²) in [6.07, 6.45) is -1.15. The zero-order valence-corrected chi connectivity index (χ0v) is 8.97. The lowest BCUT2D eigenvalue weighted by atomic mass is 9.81. The van der Waals surface area contributed by atoms with Crippen molar-refractivity contribution in [1.29, 1.82) is 0 Å². The van der Waals surface area contributed by atoms with Crippen molar-refractivity contribution in [2.75, 3.05) is 7.05 Å². The first-order chi connectivity index (χ1) is 7.91. The normalized spacial score (nSPS) is 32.6. The molecule has 2 fully saturated rings. The lowest BCUT2D eigenvalue weighted by Crippen LogP contribution is -2.69. The van der Waals surface area contributed by atoms with Gasteiger partial charge in [-0.15, -0.1) is 0 Å². The minimum absolute atomic E-state index is 0.258. The first kappa shape index (κ1) is 11.4. The Balaban J connectivity index is 2.36. The average molecular weight is 241 g/mol. The van der Waals surface area contributed by atoms with Crippen LogP contribution in [0.5, 0.6) is 0 Å². The number of fused-ring (bicyclic) bond motifs is 1. The SMILES string of the molecule is CN1C(=O)NC(=O)C2C(C(=O)O)CC(=O)NC21. The molecule has 0 spiro atoms. The van der Waals surface area contributed by atoms with E-state index < -0.39 is 41.8 Å². The highest BCUT2D eigenvalue weighted by molar-refractivity contribution is 6.02. The molecule has 2 aliphatic heterocycles. The third-order valence-corrected chi connectivity index (χ3v) is 3.08. The van der Waals surface area contributed by atoms with Crippen LogP contribution in [-0.4, -0.2) is 47.0 Å². The van der Waals surface area contributed by atoms with E-state index in [1.54, 1.807) is 0 Å². The molecule has 0 bridgehead atoms. The van der Waals surface area contributed by atoms with Crippen LogP contribution in [0, 0.1) is 11.8 Å². The van der Waals surface area contributed by atoms with Gasteiger partial charge in [-0.3, -0.25) is 19.7 Å². The molecule has 8 nitrogen and oxygen atoms in total. The van der Waals surface area contributed by atoms with Gasteiger partial charge in [-0.1, -0.05) is 0 Å². The third-order valence-electron chi connectivity index (χ3n) is 3.08. The Bertz CT molecular complexity index is 421. The highest BCUT2D eigenvalue weighted by Crippen LogP contribution is 2.28. The highest BCUT2D eigenvalue weighted by atomic mass is 16.4. The van der Waals surface area contributed by atoms with Gasteiger partial charge >= 0.3 is 12.0 Å². The summed E-state index contributed by atoms with van der Waals surface area (Å²) in [4.78, 5) is 46.5. The fourth-order valence-electron chi connectivity index (χ4n) is 2.17. The minimum atomic E-state index is -1.22. The van der Waals surface area contributed by atoms with Crippen LogP contribution in [0.1, 0.15) is 6.42 Å². The van der Waals surface area contributed by atoms with Crippen molar-refractivity contribution in [3.05, 3.63) is 0 Å². The molecule has 0 radical (unpaired) electrons.